The topological polar surface area (TPSA) is 90.9 Å². The monoisotopic (exact) mass is 450 g/mol. The van der Waals surface area contributed by atoms with Gasteiger partial charge in [0.2, 0.25) is 11.8 Å². The molecule has 0 saturated heterocycles. The molecule has 0 amide bonds. The van der Waals surface area contributed by atoms with Gasteiger partial charge in [-0.2, -0.15) is 23.1 Å². The molecule has 2 heterocycles. The highest BCUT2D eigenvalue weighted by Crippen LogP contribution is 2.28. The largest absolute Gasteiger partial charge is 0.435 e. The fraction of sp³-hybridized carbons (Fsp3) is 0.150. The third-order valence-corrected chi connectivity index (χ3v) is 4.47. The quantitative estimate of drug-likeness (QED) is 0.413. The first-order valence-corrected chi connectivity index (χ1v) is 9.28. The average molecular weight is 450 g/mol. The van der Waals surface area contributed by atoms with Crippen LogP contribution in [0, 0.1) is 17.5 Å². The lowest BCUT2D eigenvalue weighted by Crippen LogP contribution is -2.11. The molecule has 0 bridgehead atoms. The maximum absolute atomic E-state index is 14.6. The second-order valence-corrected chi connectivity index (χ2v) is 6.57. The van der Waals surface area contributed by atoms with E-state index in [-0.39, 0.29) is 34.2 Å². The Balaban J connectivity index is 1.78. The van der Waals surface area contributed by atoms with Gasteiger partial charge in [0.05, 0.1) is 5.52 Å². The number of aryl methyl sites for hydroxylation is 1. The number of benzene rings is 2. The first-order valence-electron chi connectivity index (χ1n) is 9.28. The maximum atomic E-state index is 14.6. The van der Waals surface area contributed by atoms with E-state index in [9.17, 15) is 22.0 Å². The minimum absolute atomic E-state index is 0.0461. The second kappa shape index (κ2) is 8.29. The van der Waals surface area contributed by atoms with Gasteiger partial charge >= 0.3 is 6.61 Å². The van der Waals surface area contributed by atoms with Gasteiger partial charge in [-0.15, -0.1) is 0 Å². The molecule has 12 heteroatoms. The summed E-state index contributed by atoms with van der Waals surface area (Å²) in [5.41, 5.74) is 5.94. The molecular weight excluding hydrogens is 435 g/mol. The number of nitrogens with two attached hydrogens (primary N) is 1. The number of hydrogen-bond acceptors (Lipinski definition) is 6. The van der Waals surface area contributed by atoms with E-state index in [0.29, 0.717) is 18.3 Å². The zero-order chi connectivity index (χ0) is 23.0. The lowest BCUT2D eigenvalue weighted by Gasteiger charge is -2.12. The van der Waals surface area contributed by atoms with Crippen LogP contribution in [0.2, 0.25) is 0 Å². The van der Waals surface area contributed by atoms with Crippen molar-refractivity contribution in [2.45, 2.75) is 20.0 Å². The second-order valence-electron chi connectivity index (χ2n) is 6.57. The summed E-state index contributed by atoms with van der Waals surface area (Å²) >= 11 is 0. The maximum Gasteiger partial charge on any atom is 0.387 e. The van der Waals surface area contributed by atoms with Gasteiger partial charge < -0.3 is 15.8 Å². The Morgan fingerprint density at radius 1 is 1.06 bits per heavy atom. The highest BCUT2D eigenvalue weighted by atomic mass is 19.3. The molecule has 2 aromatic carbocycles. The van der Waals surface area contributed by atoms with E-state index in [2.05, 4.69) is 25.0 Å². The standard InChI is InChI=1S/C20H15F5N6O/c1-2-14-28-16-12(22)7-9(21)8-13(16)31(14)20-29-17(26)15(23)18(30-20)27-10-3-5-11(6-4-10)32-19(24)25/h3-8,19H,2H2,1H3,(H3,26,27,29,30). The number of alkyl halides is 2. The van der Waals surface area contributed by atoms with E-state index < -0.39 is 29.9 Å². The molecule has 0 aliphatic heterocycles. The number of fused-ring (bicyclic) bond motifs is 1. The van der Waals surface area contributed by atoms with Gasteiger partial charge in [0.1, 0.15) is 22.9 Å². The molecule has 0 saturated carbocycles. The molecule has 32 heavy (non-hydrogen) atoms. The summed E-state index contributed by atoms with van der Waals surface area (Å²) in [7, 11) is 0. The number of nitrogens with one attached hydrogen (secondary N) is 1. The molecule has 7 nitrogen and oxygen atoms in total. The number of anilines is 3. The summed E-state index contributed by atoms with van der Waals surface area (Å²) in [5.74, 6) is -3.47. The van der Waals surface area contributed by atoms with Crippen molar-refractivity contribution in [3.05, 3.63) is 59.7 Å². The number of nitrogens with zero attached hydrogens (tertiary/aromatic N) is 4. The van der Waals surface area contributed by atoms with Gasteiger partial charge in [-0.1, -0.05) is 6.92 Å². The molecule has 0 spiro atoms. The molecule has 4 aromatic rings. The Morgan fingerprint density at radius 2 is 1.78 bits per heavy atom. The average Bonchev–Trinajstić information content (AvgIpc) is 3.11. The number of hydrogen-bond donors (Lipinski definition) is 2. The number of halogens is 5. The minimum Gasteiger partial charge on any atom is -0.435 e. The molecule has 0 unspecified atom stereocenters. The van der Waals surface area contributed by atoms with E-state index >= 15 is 0 Å². The lowest BCUT2D eigenvalue weighted by atomic mass is 10.3. The Morgan fingerprint density at radius 3 is 2.44 bits per heavy atom. The van der Waals surface area contributed by atoms with Crippen molar-refractivity contribution in [1.82, 2.24) is 19.5 Å². The predicted molar refractivity (Wildman–Crippen MR) is 107 cm³/mol. The summed E-state index contributed by atoms with van der Waals surface area (Å²) < 4.78 is 72.8. The van der Waals surface area contributed by atoms with Crippen molar-refractivity contribution in [2.24, 2.45) is 0 Å². The number of imidazole rings is 1. The highest BCUT2D eigenvalue weighted by molar-refractivity contribution is 5.78. The summed E-state index contributed by atoms with van der Waals surface area (Å²) in [6.07, 6.45) is 0.310. The van der Waals surface area contributed by atoms with Crippen LogP contribution in [0.4, 0.5) is 39.3 Å². The molecule has 2 aromatic heterocycles. The summed E-state index contributed by atoms with van der Waals surface area (Å²) in [5, 5.41) is 2.67. The Hall–Kier alpha value is -3.96. The van der Waals surface area contributed by atoms with Crippen molar-refractivity contribution in [3.63, 3.8) is 0 Å². The van der Waals surface area contributed by atoms with Crippen LogP contribution < -0.4 is 15.8 Å². The number of ether oxygens (including phenoxy) is 1. The normalized spacial score (nSPS) is 11.3. The van der Waals surface area contributed by atoms with Crippen LogP contribution >= 0.6 is 0 Å². The van der Waals surface area contributed by atoms with Crippen LogP contribution in [-0.4, -0.2) is 26.1 Å². The molecule has 0 aliphatic rings. The fourth-order valence-electron chi connectivity index (χ4n) is 3.10. The fourth-order valence-corrected chi connectivity index (χ4v) is 3.10. The van der Waals surface area contributed by atoms with Gasteiger partial charge in [-0.05, 0) is 24.3 Å². The molecule has 0 fully saturated rings. The molecule has 3 N–H and O–H groups in total. The molecule has 0 radical (unpaired) electrons. The molecular formula is C20H15F5N6O. The van der Waals surface area contributed by atoms with Crippen LogP contribution in [-0.2, 0) is 6.42 Å². The van der Waals surface area contributed by atoms with Crippen molar-refractivity contribution in [2.75, 3.05) is 11.1 Å². The SMILES string of the molecule is CCc1nc2c(F)cc(F)cc2n1-c1nc(N)c(F)c(Nc2ccc(OC(F)F)cc2)n1. The smallest absolute Gasteiger partial charge is 0.387 e. The summed E-state index contributed by atoms with van der Waals surface area (Å²) in [6, 6.07) is 6.99. The van der Waals surface area contributed by atoms with Crippen LogP contribution in [0.25, 0.3) is 17.0 Å². The zero-order valence-corrected chi connectivity index (χ0v) is 16.4. The Bertz CT molecular complexity index is 1290. The Labute approximate surface area is 177 Å². The van der Waals surface area contributed by atoms with Gasteiger partial charge in [-0.3, -0.25) is 4.57 Å². The first kappa shape index (κ1) is 21.3. The molecule has 4 rings (SSSR count). The van der Waals surface area contributed by atoms with Crippen LogP contribution in [0.3, 0.4) is 0 Å². The van der Waals surface area contributed by atoms with Crippen molar-refractivity contribution >= 4 is 28.4 Å². The molecule has 0 aliphatic carbocycles. The zero-order valence-electron chi connectivity index (χ0n) is 16.4. The van der Waals surface area contributed by atoms with Crippen LogP contribution in [0.5, 0.6) is 5.75 Å². The van der Waals surface area contributed by atoms with E-state index in [4.69, 9.17) is 5.73 Å². The van der Waals surface area contributed by atoms with Crippen molar-refractivity contribution in [1.29, 1.82) is 0 Å². The third kappa shape index (κ3) is 3.98. The van der Waals surface area contributed by atoms with E-state index in [1.54, 1.807) is 6.92 Å². The van der Waals surface area contributed by atoms with Crippen LogP contribution in [0.15, 0.2) is 36.4 Å². The number of rotatable bonds is 6. The highest BCUT2D eigenvalue weighted by Gasteiger charge is 2.21. The summed E-state index contributed by atoms with van der Waals surface area (Å²) in [4.78, 5) is 12.2. The summed E-state index contributed by atoms with van der Waals surface area (Å²) in [6.45, 7) is -1.25. The molecule has 166 valence electrons. The first-order chi connectivity index (χ1) is 15.3. The number of nitrogen functional groups attached to an aromatic ring is 1. The Kier molecular flexibility index (Phi) is 5.51. The predicted octanol–water partition coefficient (Wildman–Crippen LogP) is 4.72. The van der Waals surface area contributed by atoms with Gasteiger partial charge in [-0.25, -0.2) is 13.8 Å². The van der Waals surface area contributed by atoms with Crippen LogP contribution in [0.1, 0.15) is 12.7 Å². The van der Waals surface area contributed by atoms with Gasteiger partial charge in [0, 0.05) is 24.2 Å². The van der Waals surface area contributed by atoms with Gasteiger partial charge in [0.25, 0.3) is 0 Å². The molecule has 0 atom stereocenters. The van der Waals surface area contributed by atoms with Crippen molar-refractivity contribution < 1.29 is 26.7 Å². The lowest BCUT2D eigenvalue weighted by molar-refractivity contribution is -0.0498. The van der Waals surface area contributed by atoms with E-state index in [1.165, 1.54) is 28.8 Å². The van der Waals surface area contributed by atoms with Crippen molar-refractivity contribution in [3.8, 4) is 11.7 Å². The van der Waals surface area contributed by atoms with E-state index in [1.807, 2.05) is 0 Å². The van der Waals surface area contributed by atoms with Gasteiger partial charge in [0.15, 0.2) is 17.5 Å². The number of aromatic nitrogens is 4. The third-order valence-electron chi connectivity index (χ3n) is 4.47. The van der Waals surface area contributed by atoms with E-state index in [0.717, 1.165) is 6.07 Å². The minimum atomic E-state index is -2.98.